The second kappa shape index (κ2) is 4.72. The maximum Gasteiger partial charge on any atom is 0.279 e. The summed E-state index contributed by atoms with van der Waals surface area (Å²) in [6.45, 7) is 0. The largest absolute Gasteiger partial charge is 0.279 e. The number of hydrogen-bond donors (Lipinski definition) is 2. The Morgan fingerprint density at radius 2 is 2.11 bits per heavy atom. The summed E-state index contributed by atoms with van der Waals surface area (Å²) in [5.41, 5.74) is 5.06. The lowest BCUT2D eigenvalue weighted by molar-refractivity contribution is -0.127. The van der Waals surface area contributed by atoms with Crippen LogP contribution in [0.2, 0.25) is 0 Å². The maximum absolute atomic E-state index is 12.0. The van der Waals surface area contributed by atoms with Crippen LogP contribution < -0.4 is 10.9 Å². The minimum Gasteiger partial charge on any atom is -0.273 e. The zero-order chi connectivity index (χ0) is 12.5. The molecule has 2 bridgehead atoms. The highest BCUT2D eigenvalue weighted by Crippen LogP contribution is 2.48. The third-order valence-electron chi connectivity index (χ3n) is 4.12. The van der Waals surface area contributed by atoms with Gasteiger partial charge in [-0.15, -0.1) is 11.3 Å². The van der Waals surface area contributed by atoms with Crippen LogP contribution in [0.5, 0.6) is 0 Å². The van der Waals surface area contributed by atoms with E-state index in [1.807, 2.05) is 11.4 Å². The van der Waals surface area contributed by atoms with Crippen molar-refractivity contribution < 1.29 is 9.59 Å². The van der Waals surface area contributed by atoms with Gasteiger partial charge in [-0.2, -0.15) is 0 Å². The molecule has 3 unspecified atom stereocenters. The molecule has 2 N–H and O–H groups in total. The summed E-state index contributed by atoms with van der Waals surface area (Å²) in [7, 11) is 0. The monoisotopic (exact) mass is 264 g/mol. The molecule has 0 radical (unpaired) electrons. The molecule has 0 spiro atoms. The molecule has 18 heavy (non-hydrogen) atoms. The summed E-state index contributed by atoms with van der Waals surface area (Å²) in [5, 5.41) is 1.84. The van der Waals surface area contributed by atoms with E-state index in [0.29, 0.717) is 10.8 Å². The third kappa shape index (κ3) is 2.14. The molecule has 1 aromatic rings. The Labute approximate surface area is 110 Å². The normalized spacial score (nSPS) is 29.2. The number of carbonyl (C=O) groups excluding carboxylic acids is 2. The Hall–Kier alpha value is -1.36. The van der Waals surface area contributed by atoms with Crippen LogP contribution in [0.15, 0.2) is 17.5 Å². The number of hydrazine groups is 1. The predicted molar refractivity (Wildman–Crippen MR) is 68.9 cm³/mol. The van der Waals surface area contributed by atoms with Gasteiger partial charge < -0.3 is 0 Å². The van der Waals surface area contributed by atoms with Gasteiger partial charge in [0.05, 0.1) is 4.88 Å². The molecular formula is C13H16N2O2S. The summed E-state index contributed by atoms with van der Waals surface area (Å²) >= 11 is 1.36. The molecule has 1 aromatic heterocycles. The number of carbonyl (C=O) groups is 2. The fraction of sp³-hybridized carbons (Fsp3) is 0.538. The van der Waals surface area contributed by atoms with E-state index in [-0.39, 0.29) is 17.7 Å². The Kier molecular flexibility index (Phi) is 3.07. The highest BCUT2D eigenvalue weighted by Gasteiger charge is 2.43. The maximum atomic E-state index is 12.0. The van der Waals surface area contributed by atoms with E-state index >= 15 is 0 Å². The molecule has 3 rings (SSSR count). The van der Waals surface area contributed by atoms with Crippen molar-refractivity contribution in [3.63, 3.8) is 0 Å². The van der Waals surface area contributed by atoms with E-state index in [9.17, 15) is 9.59 Å². The van der Waals surface area contributed by atoms with Gasteiger partial charge in [-0.05, 0) is 42.5 Å². The first-order valence-corrected chi connectivity index (χ1v) is 7.25. The molecule has 2 aliphatic rings. The zero-order valence-corrected chi connectivity index (χ0v) is 10.8. The molecule has 2 aliphatic carbocycles. The molecule has 2 saturated carbocycles. The van der Waals surface area contributed by atoms with Crippen LogP contribution in [-0.4, -0.2) is 11.8 Å². The van der Waals surface area contributed by atoms with Gasteiger partial charge in [0.2, 0.25) is 5.91 Å². The van der Waals surface area contributed by atoms with Crippen LogP contribution in [0, 0.1) is 17.8 Å². The number of hydrogen-bond acceptors (Lipinski definition) is 3. The highest BCUT2D eigenvalue weighted by atomic mass is 32.1. The standard InChI is InChI=1S/C13H16N2O2S/c16-12(10-7-8-3-4-9(10)6-8)14-15-13(17)11-2-1-5-18-11/h1-2,5,8-10H,3-4,6-7H2,(H,14,16)(H,15,17). The summed E-state index contributed by atoms with van der Waals surface area (Å²) < 4.78 is 0. The van der Waals surface area contributed by atoms with Gasteiger partial charge in [-0.1, -0.05) is 12.5 Å². The molecule has 2 fully saturated rings. The van der Waals surface area contributed by atoms with Crippen LogP contribution >= 0.6 is 11.3 Å². The molecule has 4 nitrogen and oxygen atoms in total. The van der Waals surface area contributed by atoms with E-state index < -0.39 is 0 Å². The van der Waals surface area contributed by atoms with E-state index in [0.717, 1.165) is 12.3 Å². The molecule has 96 valence electrons. The van der Waals surface area contributed by atoms with Crippen molar-refractivity contribution in [2.45, 2.75) is 25.7 Å². The second-order valence-electron chi connectivity index (χ2n) is 5.20. The SMILES string of the molecule is O=C(NNC(=O)C1CC2CCC1C2)c1cccs1. The molecule has 1 heterocycles. The van der Waals surface area contributed by atoms with Crippen molar-refractivity contribution in [2.24, 2.45) is 17.8 Å². The van der Waals surface area contributed by atoms with Crippen molar-refractivity contribution in [1.29, 1.82) is 0 Å². The quantitative estimate of drug-likeness (QED) is 0.802. The van der Waals surface area contributed by atoms with Crippen molar-refractivity contribution in [3.8, 4) is 0 Å². The topological polar surface area (TPSA) is 58.2 Å². The van der Waals surface area contributed by atoms with Gasteiger partial charge >= 0.3 is 0 Å². The molecule has 0 aromatic carbocycles. The van der Waals surface area contributed by atoms with Crippen molar-refractivity contribution in [1.82, 2.24) is 10.9 Å². The number of nitrogens with one attached hydrogen (secondary N) is 2. The number of fused-ring (bicyclic) bond motifs is 2. The summed E-state index contributed by atoms with van der Waals surface area (Å²) in [6, 6.07) is 3.56. The third-order valence-corrected chi connectivity index (χ3v) is 4.99. The van der Waals surface area contributed by atoms with Gasteiger partial charge in [-0.25, -0.2) is 0 Å². The smallest absolute Gasteiger partial charge is 0.273 e. The van der Waals surface area contributed by atoms with Gasteiger partial charge in [0.1, 0.15) is 0 Å². The predicted octanol–water partition coefficient (Wildman–Crippen LogP) is 1.95. The van der Waals surface area contributed by atoms with Crippen LogP contribution in [0.4, 0.5) is 0 Å². The summed E-state index contributed by atoms with van der Waals surface area (Å²) in [6.07, 6.45) is 4.62. The molecule has 0 saturated heterocycles. The number of thiophene rings is 1. The Morgan fingerprint density at radius 3 is 2.72 bits per heavy atom. The van der Waals surface area contributed by atoms with Gasteiger partial charge in [0, 0.05) is 5.92 Å². The van der Waals surface area contributed by atoms with Crippen LogP contribution in [0.25, 0.3) is 0 Å². The Bertz CT molecular complexity index is 458. The van der Waals surface area contributed by atoms with Gasteiger partial charge in [0.15, 0.2) is 0 Å². The number of amides is 2. The van der Waals surface area contributed by atoms with Crippen molar-refractivity contribution in [3.05, 3.63) is 22.4 Å². The first kappa shape index (κ1) is 11.7. The van der Waals surface area contributed by atoms with Crippen LogP contribution in [0.3, 0.4) is 0 Å². The number of rotatable bonds is 2. The second-order valence-corrected chi connectivity index (χ2v) is 6.15. The lowest BCUT2D eigenvalue weighted by Crippen LogP contribution is -2.45. The molecular weight excluding hydrogens is 248 g/mol. The van der Waals surface area contributed by atoms with E-state index in [1.165, 1.54) is 30.6 Å². The molecule has 5 heteroatoms. The van der Waals surface area contributed by atoms with Crippen molar-refractivity contribution >= 4 is 23.2 Å². The average Bonchev–Trinajstić information content (AvgIpc) is 3.09. The lowest BCUT2D eigenvalue weighted by atomic mass is 9.88. The van der Waals surface area contributed by atoms with Crippen LogP contribution in [-0.2, 0) is 4.79 Å². The Morgan fingerprint density at radius 1 is 1.22 bits per heavy atom. The molecule has 3 atom stereocenters. The van der Waals surface area contributed by atoms with Gasteiger partial charge in [-0.3, -0.25) is 20.4 Å². The zero-order valence-electron chi connectivity index (χ0n) is 10.0. The first-order valence-electron chi connectivity index (χ1n) is 6.37. The Balaban J connectivity index is 1.51. The summed E-state index contributed by atoms with van der Waals surface area (Å²) in [5.74, 6) is 1.12. The lowest BCUT2D eigenvalue weighted by Gasteiger charge is -2.20. The van der Waals surface area contributed by atoms with Crippen LogP contribution in [0.1, 0.15) is 35.4 Å². The van der Waals surface area contributed by atoms with E-state index in [4.69, 9.17) is 0 Å². The fourth-order valence-electron chi connectivity index (χ4n) is 3.25. The minimum absolute atomic E-state index is 0.0212. The fourth-order valence-corrected chi connectivity index (χ4v) is 3.87. The van der Waals surface area contributed by atoms with E-state index in [1.54, 1.807) is 6.07 Å². The van der Waals surface area contributed by atoms with Gasteiger partial charge in [0.25, 0.3) is 5.91 Å². The van der Waals surface area contributed by atoms with E-state index in [2.05, 4.69) is 10.9 Å². The first-order chi connectivity index (χ1) is 8.74. The van der Waals surface area contributed by atoms with Crippen molar-refractivity contribution in [2.75, 3.05) is 0 Å². The molecule has 2 amide bonds. The minimum atomic E-state index is -0.235. The summed E-state index contributed by atoms with van der Waals surface area (Å²) in [4.78, 5) is 24.3. The highest BCUT2D eigenvalue weighted by molar-refractivity contribution is 7.12. The molecule has 0 aliphatic heterocycles. The average molecular weight is 264 g/mol.